The van der Waals surface area contributed by atoms with Crippen LogP contribution in [0.15, 0.2) is 12.2 Å². The van der Waals surface area contributed by atoms with E-state index in [-0.39, 0.29) is 43.1 Å². The minimum atomic E-state index is -0.579. The summed E-state index contributed by atoms with van der Waals surface area (Å²) in [5, 5.41) is 0. The Morgan fingerprint density at radius 1 is 0.447 bits per heavy atom. The third kappa shape index (κ3) is 30.3. The summed E-state index contributed by atoms with van der Waals surface area (Å²) >= 11 is 0. The molecule has 0 aliphatic carbocycles. The summed E-state index contributed by atoms with van der Waals surface area (Å²) in [5.74, 6) is -2.82. The van der Waals surface area contributed by atoms with Gasteiger partial charge in [0.2, 0.25) is 0 Å². The largest absolute Gasteiger partial charge is 0.393 e. The van der Waals surface area contributed by atoms with Crippen molar-refractivity contribution < 1.29 is 43.0 Å². The zero-order valence-corrected chi connectivity index (χ0v) is 29.8. The summed E-state index contributed by atoms with van der Waals surface area (Å²) in [6.45, 7) is 13.2. The lowest BCUT2D eigenvalue weighted by Crippen LogP contribution is -2.06. The van der Waals surface area contributed by atoms with E-state index in [1.54, 1.807) is 0 Å². The minimum Gasteiger partial charge on any atom is -0.393 e. The highest BCUT2D eigenvalue weighted by Gasteiger charge is 2.33. The zero-order valence-electron chi connectivity index (χ0n) is 29.8. The summed E-state index contributed by atoms with van der Waals surface area (Å²) in [6.07, 6.45) is 26.5. The third-order valence-corrected chi connectivity index (χ3v) is 7.45. The Balaban J connectivity index is -0.000000528. The van der Waals surface area contributed by atoms with Crippen LogP contribution in [-0.2, 0) is 43.0 Å². The second-order valence-electron chi connectivity index (χ2n) is 11.9. The van der Waals surface area contributed by atoms with Gasteiger partial charge in [-0.15, -0.1) is 0 Å². The molecule has 9 nitrogen and oxygen atoms in total. The third-order valence-electron chi connectivity index (χ3n) is 7.45. The van der Waals surface area contributed by atoms with Crippen LogP contribution in [0.2, 0.25) is 0 Å². The summed E-state index contributed by atoms with van der Waals surface area (Å²) < 4.78 is 12.8. The summed E-state index contributed by atoms with van der Waals surface area (Å²) in [4.78, 5) is 63.0. The van der Waals surface area contributed by atoms with E-state index in [1.807, 2.05) is 0 Å². The molecule has 2 saturated heterocycles. The fourth-order valence-electron chi connectivity index (χ4n) is 4.63. The van der Waals surface area contributed by atoms with Crippen molar-refractivity contribution in [3.63, 3.8) is 0 Å². The quantitative estimate of drug-likeness (QED) is 0.0643. The van der Waals surface area contributed by atoms with Gasteiger partial charge >= 0.3 is 35.8 Å². The molecule has 2 unspecified atom stereocenters. The van der Waals surface area contributed by atoms with Crippen molar-refractivity contribution >= 4 is 35.8 Å². The summed E-state index contributed by atoms with van der Waals surface area (Å²) in [6, 6.07) is 0. The summed E-state index contributed by atoms with van der Waals surface area (Å²) in [5.41, 5.74) is 0. The monoisotopic (exact) mass is 668 g/mol. The first-order valence-electron chi connectivity index (χ1n) is 18.0. The molecule has 0 aromatic heterocycles. The number of esters is 6. The van der Waals surface area contributed by atoms with Crippen molar-refractivity contribution in [2.45, 2.75) is 184 Å². The van der Waals surface area contributed by atoms with E-state index in [2.05, 4.69) is 55.8 Å². The molecule has 0 bridgehead atoms. The van der Waals surface area contributed by atoms with Gasteiger partial charge < -0.3 is 14.2 Å². The Bertz CT molecular complexity index is 810. The maximum absolute atomic E-state index is 10.9. The molecule has 3 heterocycles. The summed E-state index contributed by atoms with van der Waals surface area (Å²) in [7, 11) is 0. The topological polar surface area (TPSA) is 130 Å². The number of carbonyl (C=O) groups excluding carboxylic acids is 6. The molecule has 2 atom stereocenters. The molecule has 0 aromatic rings. The number of rotatable bonds is 17. The minimum absolute atomic E-state index is 0. The van der Waals surface area contributed by atoms with Gasteiger partial charge in [0.05, 0.1) is 24.7 Å². The van der Waals surface area contributed by atoms with Crippen LogP contribution < -0.4 is 0 Å². The molecule has 0 radical (unpaired) electrons. The predicted molar refractivity (Wildman–Crippen MR) is 187 cm³/mol. The van der Waals surface area contributed by atoms with Gasteiger partial charge in [-0.1, -0.05) is 158 Å². The number of hydrogen-bond acceptors (Lipinski definition) is 9. The van der Waals surface area contributed by atoms with E-state index in [9.17, 15) is 28.8 Å². The Kier molecular flexibility index (Phi) is 35.6. The first-order chi connectivity index (χ1) is 22.1. The molecule has 3 aliphatic rings. The molecule has 0 aromatic carbocycles. The van der Waals surface area contributed by atoms with E-state index < -0.39 is 11.9 Å². The maximum atomic E-state index is 10.9. The highest BCUT2D eigenvalue weighted by atomic mass is 16.6. The Morgan fingerprint density at radius 2 is 0.745 bits per heavy atom. The fourth-order valence-corrected chi connectivity index (χ4v) is 4.63. The van der Waals surface area contributed by atoms with Gasteiger partial charge in [0.25, 0.3) is 0 Å². The average Bonchev–Trinajstić information content (AvgIpc) is 3.68. The van der Waals surface area contributed by atoms with Crippen LogP contribution >= 0.6 is 0 Å². The van der Waals surface area contributed by atoms with Crippen molar-refractivity contribution in [1.82, 2.24) is 0 Å². The van der Waals surface area contributed by atoms with Crippen molar-refractivity contribution in [1.29, 1.82) is 0 Å². The lowest BCUT2D eigenvalue weighted by Gasteiger charge is -2.01. The van der Waals surface area contributed by atoms with Crippen LogP contribution in [0, 0.1) is 11.8 Å². The standard InChI is InChI=1S/C10H22.2C9H14O3.C5H12.C4H2O3.CH4/c1-3-5-7-9-10-8-6-4-2;2*1-2-3-4-5-7-6-8(10)12-9(7)11;1-3-5-4-2;5-3-1-2-4(6)7-3;/h3-10H2,1-2H3;2*7H,2-6H2,1H3;3-5H2,1-2H3;1-2H;1H4. The van der Waals surface area contributed by atoms with Crippen LogP contribution in [0.4, 0.5) is 0 Å². The Labute approximate surface area is 286 Å². The van der Waals surface area contributed by atoms with Crippen LogP contribution in [0.25, 0.3) is 0 Å². The molecular weight excluding hydrogens is 600 g/mol. The first kappa shape index (κ1) is 48.6. The Hall–Kier alpha value is -2.84. The highest BCUT2D eigenvalue weighted by molar-refractivity contribution is 6.04. The normalized spacial score (nSPS) is 17.4. The van der Waals surface area contributed by atoms with Crippen LogP contribution in [0.1, 0.15) is 184 Å². The number of unbranched alkanes of at least 4 members (excludes halogenated alkanes) is 13. The molecule has 0 amide bonds. The fraction of sp³-hybridized carbons (Fsp3) is 0.789. The van der Waals surface area contributed by atoms with Gasteiger partial charge in [-0.2, -0.15) is 0 Å². The van der Waals surface area contributed by atoms with Gasteiger partial charge in [0, 0.05) is 12.2 Å². The number of carbonyl (C=O) groups is 6. The molecule has 2 fully saturated rings. The van der Waals surface area contributed by atoms with E-state index in [0.29, 0.717) is 12.8 Å². The van der Waals surface area contributed by atoms with Crippen molar-refractivity contribution in [2.75, 3.05) is 0 Å². The molecular formula is C38H68O9. The molecule has 9 heteroatoms. The Morgan fingerprint density at radius 3 is 0.957 bits per heavy atom. The van der Waals surface area contributed by atoms with E-state index in [4.69, 9.17) is 0 Å². The zero-order chi connectivity index (χ0) is 35.0. The van der Waals surface area contributed by atoms with Crippen LogP contribution in [0.3, 0.4) is 0 Å². The van der Waals surface area contributed by atoms with E-state index >= 15 is 0 Å². The van der Waals surface area contributed by atoms with Crippen molar-refractivity contribution in [3.8, 4) is 0 Å². The number of ether oxygens (including phenoxy) is 3. The smallest absolute Gasteiger partial charge is 0.338 e. The van der Waals surface area contributed by atoms with Crippen LogP contribution in [0.5, 0.6) is 0 Å². The van der Waals surface area contributed by atoms with E-state index in [1.165, 1.54) is 70.6 Å². The number of cyclic esters (lactones) is 6. The molecule has 274 valence electrons. The average molecular weight is 669 g/mol. The molecule has 0 N–H and O–H groups in total. The molecule has 0 spiro atoms. The molecule has 47 heavy (non-hydrogen) atoms. The highest BCUT2D eigenvalue weighted by Crippen LogP contribution is 2.22. The lowest BCUT2D eigenvalue weighted by molar-refractivity contribution is -0.155. The lowest BCUT2D eigenvalue weighted by atomic mass is 10.0. The van der Waals surface area contributed by atoms with Crippen molar-refractivity contribution in [2.24, 2.45) is 11.8 Å². The van der Waals surface area contributed by atoms with Gasteiger partial charge in [-0.25, -0.2) is 9.59 Å². The molecule has 3 rings (SSSR count). The van der Waals surface area contributed by atoms with Gasteiger partial charge in [0.1, 0.15) is 0 Å². The van der Waals surface area contributed by atoms with Gasteiger partial charge in [-0.3, -0.25) is 19.2 Å². The molecule has 3 aliphatic heterocycles. The van der Waals surface area contributed by atoms with Crippen LogP contribution in [-0.4, -0.2) is 35.8 Å². The SMILES string of the molecule is C.CCCCC.CCCCCC1CC(=O)OC1=O.CCCCCC1CC(=O)OC1=O.CCCCCCCCCC.O=C1C=CC(=O)O1. The number of hydrogen-bond donors (Lipinski definition) is 0. The van der Waals surface area contributed by atoms with Crippen molar-refractivity contribution in [3.05, 3.63) is 12.2 Å². The first-order valence-corrected chi connectivity index (χ1v) is 18.0. The second kappa shape index (κ2) is 34.5. The maximum Gasteiger partial charge on any atom is 0.338 e. The predicted octanol–water partition coefficient (Wildman–Crippen LogP) is 9.92. The van der Waals surface area contributed by atoms with Gasteiger partial charge in [-0.05, 0) is 12.8 Å². The van der Waals surface area contributed by atoms with Gasteiger partial charge in [0.15, 0.2) is 0 Å². The second-order valence-corrected chi connectivity index (χ2v) is 11.9. The molecule has 0 saturated carbocycles. The van der Waals surface area contributed by atoms with E-state index in [0.717, 1.165) is 63.5 Å².